The van der Waals surface area contributed by atoms with Gasteiger partial charge >= 0.3 is 5.97 Å². The Morgan fingerprint density at radius 1 is 1.37 bits per heavy atom. The van der Waals surface area contributed by atoms with Crippen molar-refractivity contribution in [3.63, 3.8) is 0 Å². The van der Waals surface area contributed by atoms with Crippen LogP contribution >= 0.6 is 11.8 Å². The molecule has 0 aromatic heterocycles. The Bertz CT molecular complexity index is 345. The SMILES string of the molecule is CCOC(=O)C1CCN(C(=O)C2(C)CCCS2)CC1. The Balaban J connectivity index is 1.86. The minimum atomic E-state index is -0.225. The second-order valence-corrected chi connectivity index (χ2v) is 7.10. The van der Waals surface area contributed by atoms with E-state index in [4.69, 9.17) is 4.74 Å². The van der Waals surface area contributed by atoms with Crippen LogP contribution in [0.3, 0.4) is 0 Å². The highest BCUT2D eigenvalue weighted by Crippen LogP contribution is 2.39. The molecule has 1 amide bonds. The summed E-state index contributed by atoms with van der Waals surface area (Å²) in [5, 5.41) is 0. The maximum atomic E-state index is 12.5. The number of rotatable bonds is 3. The van der Waals surface area contributed by atoms with Crippen molar-refractivity contribution in [3.8, 4) is 0 Å². The first-order chi connectivity index (χ1) is 9.07. The number of piperidine rings is 1. The van der Waals surface area contributed by atoms with Crippen molar-refractivity contribution in [2.24, 2.45) is 5.92 Å². The fourth-order valence-electron chi connectivity index (χ4n) is 2.86. The summed E-state index contributed by atoms with van der Waals surface area (Å²) in [6, 6.07) is 0. The predicted octanol–water partition coefficient (Wildman–Crippen LogP) is 2.07. The Hall–Kier alpha value is -0.710. The first kappa shape index (κ1) is 14.7. The lowest BCUT2D eigenvalue weighted by atomic mass is 9.95. The molecule has 2 aliphatic heterocycles. The molecule has 2 saturated heterocycles. The van der Waals surface area contributed by atoms with Crippen LogP contribution in [0.1, 0.15) is 39.5 Å². The first-order valence-corrected chi connectivity index (χ1v) is 8.15. The second-order valence-electron chi connectivity index (χ2n) is 5.50. The number of thioether (sulfide) groups is 1. The summed E-state index contributed by atoms with van der Waals surface area (Å²) in [5.41, 5.74) is 0. The highest BCUT2D eigenvalue weighted by Gasteiger charge is 2.41. The third-order valence-corrected chi connectivity index (χ3v) is 5.58. The zero-order chi connectivity index (χ0) is 13.9. The molecule has 0 bridgehead atoms. The van der Waals surface area contributed by atoms with Crippen LogP contribution in [0.2, 0.25) is 0 Å². The number of nitrogens with zero attached hydrogens (tertiary/aromatic N) is 1. The van der Waals surface area contributed by atoms with Crippen molar-refractivity contribution in [2.45, 2.75) is 44.3 Å². The summed E-state index contributed by atoms with van der Waals surface area (Å²) in [5.74, 6) is 1.23. The van der Waals surface area contributed by atoms with E-state index in [1.165, 1.54) is 0 Å². The largest absolute Gasteiger partial charge is 0.466 e. The van der Waals surface area contributed by atoms with Gasteiger partial charge in [0.1, 0.15) is 0 Å². The molecule has 0 spiro atoms. The molecule has 0 N–H and O–H groups in total. The maximum absolute atomic E-state index is 12.5. The lowest BCUT2D eigenvalue weighted by Gasteiger charge is -2.35. The van der Waals surface area contributed by atoms with Crippen molar-refractivity contribution < 1.29 is 14.3 Å². The molecule has 0 aliphatic carbocycles. The van der Waals surface area contributed by atoms with Gasteiger partial charge in [0.15, 0.2) is 0 Å². The number of carbonyl (C=O) groups is 2. The molecule has 0 aromatic carbocycles. The summed E-state index contributed by atoms with van der Waals surface area (Å²) in [7, 11) is 0. The summed E-state index contributed by atoms with van der Waals surface area (Å²) in [6.45, 7) is 5.71. The van der Waals surface area contributed by atoms with Gasteiger partial charge in [0, 0.05) is 13.1 Å². The van der Waals surface area contributed by atoms with Crippen LogP contribution in [0.5, 0.6) is 0 Å². The Labute approximate surface area is 119 Å². The van der Waals surface area contributed by atoms with Gasteiger partial charge in [0.05, 0.1) is 17.3 Å². The number of likely N-dealkylation sites (tertiary alicyclic amines) is 1. The van der Waals surface area contributed by atoms with E-state index in [1.54, 1.807) is 11.8 Å². The van der Waals surface area contributed by atoms with E-state index < -0.39 is 0 Å². The van der Waals surface area contributed by atoms with Gasteiger partial charge in [-0.1, -0.05) is 0 Å². The smallest absolute Gasteiger partial charge is 0.309 e. The number of esters is 1. The zero-order valence-electron chi connectivity index (χ0n) is 11.8. The lowest BCUT2D eigenvalue weighted by molar-refractivity contribution is -0.151. The Morgan fingerprint density at radius 3 is 2.58 bits per heavy atom. The molecule has 0 saturated carbocycles. The van der Waals surface area contributed by atoms with E-state index in [-0.39, 0.29) is 22.5 Å². The summed E-state index contributed by atoms with van der Waals surface area (Å²) < 4.78 is 4.82. The number of ether oxygens (including phenoxy) is 1. The molecule has 0 aromatic rings. The first-order valence-electron chi connectivity index (χ1n) is 7.17. The third kappa shape index (κ3) is 3.25. The van der Waals surface area contributed by atoms with E-state index in [0.717, 1.165) is 31.4 Å². The predicted molar refractivity (Wildman–Crippen MR) is 76.0 cm³/mol. The molecule has 0 radical (unpaired) electrons. The fraction of sp³-hybridized carbons (Fsp3) is 0.857. The summed E-state index contributed by atoms with van der Waals surface area (Å²) in [6.07, 6.45) is 3.59. The minimum absolute atomic E-state index is 0.0203. The van der Waals surface area contributed by atoms with Crippen molar-refractivity contribution in [1.82, 2.24) is 4.90 Å². The molecule has 4 nitrogen and oxygen atoms in total. The van der Waals surface area contributed by atoms with Gasteiger partial charge in [-0.2, -0.15) is 0 Å². The fourth-order valence-corrected chi connectivity index (χ4v) is 4.14. The summed E-state index contributed by atoms with van der Waals surface area (Å²) in [4.78, 5) is 26.1. The average molecular weight is 285 g/mol. The van der Waals surface area contributed by atoms with Crippen molar-refractivity contribution in [3.05, 3.63) is 0 Å². The molecule has 2 fully saturated rings. The summed E-state index contributed by atoms with van der Waals surface area (Å²) >= 11 is 1.78. The van der Waals surface area contributed by atoms with Gasteiger partial charge in [-0.25, -0.2) is 0 Å². The van der Waals surface area contributed by atoms with E-state index in [0.29, 0.717) is 19.7 Å². The normalized spacial score (nSPS) is 28.4. The topological polar surface area (TPSA) is 46.6 Å². The van der Waals surface area contributed by atoms with Gasteiger partial charge in [-0.3, -0.25) is 9.59 Å². The van der Waals surface area contributed by atoms with Crippen molar-refractivity contribution in [2.75, 3.05) is 25.4 Å². The van der Waals surface area contributed by atoms with E-state index in [2.05, 4.69) is 6.92 Å². The molecule has 1 atom stereocenters. The average Bonchev–Trinajstić information content (AvgIpc) is 2.86. The van der Waals surface area contributed by atoms with E-state index in [1.807, 2.05) is 11.8 Å². The van der Waals surface area contributed by atoms with E-state index in [9.17, 15) is 9.59 Å². The van der Waals surface area contributed by atoms with Gasteiger partial charge in [-0.05, 0) is 45.3 Å². The Kier molecular flexibility index (Phi) is 4.76. The molecule has 2 heterocycles. The van der Waals surface area contributed by atoms with Gasteiger partial charge in [0.25, 0.3) is 0 Å². The van der Waals surface area contributed by atoms with E-state index >= 15 is 0 Å². The van der Waals surface area contributed by atoms with Crippen LogP contribution in [-0.4, -0.2) is 47.0 Å². The molecule has 108 valence electrons. The molecule has 5 heteroatoms. The highest BCUT2D eigenvalue weighted by molar-refractivity contribution is 8.01. The van der Waals surface area contributed by atoms with Crippen LogP contribution in [0.4, 0.5) is 0 Å². The number of hydrogen-bond donors (Lipinski definition) is 0. The lowest BCUT2D eigenvalue weighted by Crippen LogP contribution is -2.48. The van der Waals surface area contributed by atoms with Gasteiger partial charge in [-0.15, -0.1) is 11.8 Å². The monoisotopic (exact) mass is 285 g/mol. The minimum Gasteiger partial charge on any atom is -0.466 e. The zero-order valence-corrected chi connectivity index (χ0v) is 12.6. The molecular formula is C14H23NO3S. The van der Waals surface area contributed by atoms with Crippen LogP contribution in [0.25, 0.3) is 0 Å². The highest BCUT2D eigenvalue weighted by atomic mass is 32.2. The second kappa shape index (κ2) is 6.16. The van der Waals surface area contributed by atoms with Crippen molar-refractivity contribution >= 4 is 23.6 Å². The third-order valence-electron chi connectivity index (χ3n) is 4.07. The van der Waals surface area contributed by atoms with Crippen LogP contribution < -0.4 is 0 Å². The molecule has 19 heavy (non-hydrogen) atoms. The standard InChI is InChI=1S/C14H23NO3S/c1-3-18-12(16)11-5-8-15(9-6-11)13(17)14(2)7-4-10-19-14/h11H,3-10H2,1-2H3. The molecule has 2 aliphatic rings. The molecule has 1 unspecified atom stereocenters. The number of hydrogen-bond acceptors (Lipinski definition) is 4. The molecule has 2 rings (SSSR count). The number of amides is 1. The van der Waals surface area contributed by atoms with Crippen molar-refractivity contribution in [1.29, 1.82) is 0 Å². The Morgan fingerprint density at radius 2 is 2.05 bits per heavy atom. The van der Waals surface area contributed by atoms with Gasteiger partial charge < -0.3 is 9.64 Å². The quantitative estimate of drug-likeness (QED) is 0.745. The van der Waals surface area contributed by atoms with Gasteiger partial charge in [0.2, 0.25) is 5.91 Å². The van der Waals surface area contributed by atoms with Crippen LogP contribution in [-0.2, 0) is 14.3 Å². The molecular weight excluding hydrogens is 262 g/mol. The number of carbonyl (C=O) groups excluding carboxylic acids is 2. The van der Waals surface area contributed by atoms with Crippen LogP contribution in [0, 0.1) is 5.92 Å². The van der Waals surface area contributed by atoms with Crippen LogP contribution in [0.15, 0.2) is 0 Å². The maximum Gasteiger partial charge on any atom is 0.309 e.